The lowest BCUT2D eigenvalue weighted by Gasteiger charge is -2.23. The monoisotopic (exact) mass is 603 g/mol. The van der Waals surface area contributed by atoms with Crippen LogP contribution in [0.4, 0.5) is 0 Å². The molecule has 210 valence electrons. The molecule has 0 aliphatic carbocycles. The molecule has 0 spiro atoms. The van der Waals surface area contributed by atoms with Gasteiger partial charge in [0.2, 0.25) is 0 Å². The van der Waals surface area contributed by atoms with Gasteiger partial charge in [0.15, 0.2) is 6.23 Å². The maximum atomic E-state index is 11.2. The second-order valence-corrected chi connectivity index (χ2v) is 11.8. The summed E-state index contributed by atoms with van der Waals surface area (Å²) < 4.78 is 41.4. The number of hydrogen-bond donors (Lipinski definition) is 0. The normalized spacial score (nSPS) is 16.9. The minimum absolute atomic E-state index is 0.160. The summed E-state index contributed by atoms with van der Waals surface area (Å²) in [6, 6.07) is 9.17. The van der Waals surface area contributed by atoms with Crippen LogP contribution in [0.3, 0.4) is 0 Å². The highest BCUT2D eigenvalue weighted by Crippen LogP contribution is 2.35. The molecule has 0 saturated carbocycles. The van der Waals surface area contributed by atoms with Crippen molar-refractivity contribution >= 4 is 56.4 Å². The van der Waals surface area contributed by atoms with Gasteiger partial charge in [0.25, 0.3) is 10.1 Å². The van der Waals surface area contributed by atoms with Crippen LogP contribution in [0.15, 0.2) is 42.7 Å². The topological polar surface area (TPSA) is 118 Å². The molecule has 1 aromatic carbocycles. The molecule has 0 N–H and O–H groups in total. The third-order valence-electron chi connectivity index (χ3n) is 6.32. The molecule has 5 rings (SSSR count). The second-order valence-electron chi connectivity index (χ2n) is 9.36. The molecule has 0 bridgehead atoms. The lowest BCUT2D eigenvalue weighted by atomic mass is 10.1. The lowest BCUT2D eigenvalue weighted by Crippen LogP contribution is -2.19. The maximum absolute atomic E-state index is 11.2. The van der Waals surface area contributed by atoms with Crippen molar-refractivity contribution in [2.24, 2.45) is 0 Å². The summed E-state index contributed by atoms with van der Waals surface area (Å²) in [7, 11) is -3.57. The van der Waals surface area contributed by atoms with E-state index in [1.54, 1.807) is 18.2 Å². The molecule has 13 heteroatoms. The molecule has 0 amide bonds. The zero-order valence-electron chi connectivity index (χ0n) is 21.8. The number of rotatable bonds is 9. The standard InChI is InChI=1S/C27H27Cl2N5O5S/c1-17(27-22(28)14-30-15-23(27)29)39-20-9-11-25-21(13-20)24(33-34(25)26-5-3-4-12-37-26)10-8-18-6-7-19(32-31-18)16-38-40(2,35)36/h6-11,13-15,17,26H,3-5,12,16H2,1-2H3/b10-8+. The number of pyridine rings is 1. The summed E-state index contributed by atoms with van der Waals surface area (Å²) in [5.41, 5.74) is 3.24. The average Bonchev–Trinajstić information content (AvgIpc) is 3.29. The van der Waals surface area contributed by atoms with E-state index >= 15 is 0 Å². The summed E-state index contributed by atoms with van der Waals surface area (Å²) in [6.07, 6.45) is 10.1. The van der Waals surface area contributed by atoms with E-state index in [4.69, 9.17) is 42.0 Å². The Bertz CT molecular complexity index is 1620. The number of benzene rings is 1. The van der Waals surface area contributed by atoms with Crippen molar-refractivity contribution in [2.45, 2.75) is 45.1 Å². The van der Waals surface area contributed by atoms with Gasteiger partial charge in [-0.05, 0) is 68.7 Å². The molecule has 10 nitrogen and oxygen atoms in total. The van der Waals surface area contributed by atoms with Crippen molar-refractivity contribution in [3.05, 3.63) is 75.4 Å². The molecule has 2 unspecified atom stereocenters. The van der Waals surface area contributed by atoms with Crippen LogP contribution in [0, 0.1) is 0 Å². The van der Waals surface area contributed by atoms with Crippen molar-refractivity contribution in [3.63, 3.8) is 0 Å². The van der Waals surface area contributed by atoms with Crippen molar-refractivity contribution in [3.8, 4) is 5.75 Å². The Morgan fingerprint density at radius 2 is 1.93 bits per heavy atom. The van der Waals surface area contributed by atoms with Crippen LogP contribution in [0.2, 0.25) is 10.0 Å². The van der Waals surface area contributed by atoms with E-state index in [0.29, 0.717) is 45.0 Å². The Labute approximate surface area is 242 Å². The largest absolute Gasteiger partial charge is 0.486 e. The highest BCUT2D eigenvalue weighted by atomic mass is 35.5. The second kappa shape index (κ2) is 12.2. The molecule has 1 saturated heterocycles. The lowest BCUT2D eigenvalue weighted by molar-refractivity contribution is -0.0367. The van der Waals surface area contributed by atoms with Gasteiger partial charge in [0, 0.05) is 30.0 Å². The van der Waals surface area contributed by atoms with Crippen molar-refractivity contribution in [1.29, 1.82) is 0 Å². The number of aromatic nitrogens is 5. The van der Waals surface area contributed by atoms with E-state index in [1.807, 2.05) is 35.9 Å². The average molecular weight is 605 g/mol. The van der Waals surface area contributed by atoms with Crippen LogP contribution in [0.1, 0.15) is 61.2 Å². The third kappa shape index (κ3) is 6.79. The number of fused-ring (bicyclic) bond motifs is 1. The Kier molecular flexibility index (Phi) is 8.67. The zero-order valence-corrected chi connectivity index (χ0v) is 24.2. The molecule has 1 fully saturated rings. The molecule has 4 aromatic rings. The van der Waals surface area contributed by atoms with Crippen molar-refractivity contribution in [2.75, 3.05) is 12.9 Å². The van der Waals surface area contributed by atoms with Gasteiger partial charge in [-0.3, -0.25) is 9.17 Å². The summed E-state index contributed by atoms with van der Waals surface area (Å²) in [5.74, 6) is 0.623. The van der Waals surface area contributed by atoms with Gasteiger partial charge in [0.1, 0.15) is 18.5 Å². The molecule has 1 aliphatic rings. The fourth-order valence-corrected chi connectivity index (χ4v) is 5.42. The van der Waals surface area contributed by atoms with E-state index in [2.05, 4.69) is 15.2 Å². The van der Waals surface area contributed by atoms with Crippen LogP contribution in [0.5, 0.6) is 5.75 Å². The molecule has 40 heavy (non-hydrogen) atoms. The first-order chi connectivity index (χ1) is 19.2. The molecule has 3 aromatic heterocycles. The first-order valence-corrected chi connectivity index (χ1v) is 15.2. The third-order valence-corrected chi connectivity index (χ3v) is 7.47. The van der Waals surface area contributed by atoms with Gasteiger partial charge in [-0.1, -0.05) is 23.2 Å². The fourth-order valence-electron chi connectivity index (χ4n) is 4.42. The predicted octanol–water partition coefficient (Wildman–Crippen LogP) is 6.01. The van der Waals surface area contributed by atoms with E-state index < -0.39 is 16.2 Å². The van der Waals surface area contributed by atoms with E-state index in [-0.39, 0.29) is 12.8 Å². The Balaban J connectivity index is 1.44. The van der Waals surface area contributed by atoms with E-state index in [9.17, 15) is 8.42 Å². The van der Waals surface area contributed by atoms with Crippen LogP contribution < -0.4 is 4.74 Å². The zero-order chi connectivity index (χ0) is 28.3. The number of nitrogens with zero attached hydrogens (tertiary/aromatic N) is 5. The molecule has 2 atom stereocenters. The highest BCUT2D eigenvalue weighted by molar-refractivity contribution is 7.85. The van der Waals surface area contributed by atoms with Gasteiger partial charge >= 0.3 is 0 Å². The Hall–Kier alpha value is -3.09. The van der Waals surface area contributed by atoms with Crippen molar-refractivity contribution in [1.82, 2.24) is 25.0 Å². The van der Waals surface area contributed by atoms with Gasteiger partial charge in [0.05, 0.1) is 38.9 Å². The quantitative estimate of drug-likeness (QED) is 0.212. The minimum atomic E-state index is -3.57. The molecule has 1 aliphatic heterocycles. The van der Waals surface area contributed by atoms with Crippen molar-refractivity contribution < 1.29 is 22.1 Å². The Morgan fingerprint density at radius 3 is 2.60 bits per heavy atom. The van der Waals surface area contributed by atoms with Gasteiger partial charge < -0.3 is 9.47 Å². The SMILES string of the molecule is CC(Oc1ccc2c(c1)c(/C=C/c1ccc(COS(C)(=O)=O)nn1)nn2C1CCCCO1)c1c(Cl)cncc1Cl. The Morgan fingerprint density at radius 1 is 1.12 bits per heavy atom. The smallest absolute Gasteiger partial charge is 0.264 e. The molecular weight excluding hydrogens is 577 g/mol. The number of halogens is 2. The predicted molar refractivity (Wildman–Crippen MR) is 152 cm³/mol. The number of ether oxygens (including phenoxy) is 2. The van der Waals surface area contributed by atoms with Crippen LogP contribution in [-0.2, 0) is 25.6 Å². The van der Waals surface area contributed by atoms with Gasteiger partial charge in [-0.25, -0.2) is 4.68 Å². The first kappa shape index (κ1) is 28.4. The molecule has 4 heterocycles. The first-order valence-electron chi connectivity index (χ1n) is 12.6. The van der Waals surface area contributed by atoms with Gasteiger partial charge in [-0.15, -0.1) is 0 Å². The highest BCUT2D eigenvalue weighted by Gasteiger charge is 2.22. The van der Waals surface area contributed by atoms with Crippen LogP contribution in [0.25, 0.3) is 23.1 Å². The fraction of sp³-hybridized carbons (Fsp3) is 0.333. The van der Waals surface area contributed by atoms with Gasteiger partial charge in [-0.2, -0.15) is 23.7 Å². The van der Waals surface area contributed by atoms with Crippen LogP contribution in [-0.4, -0.2) is 46.2 Å². The molecular formula is C27H27Cl2N5O5S. The minimum Gasteiger partial charge on any atom is -0.486 e. The van der Waals surface area contributed by atoms with Crippen LogP contribution >= 0.6 is 23.2 Å². The summed E-state index contributed by atoms with van der Waals surface area (Å²) in [4.78, 5) is 4.01. The van der Waals surface area contributed by atoms with E-state index in [1.165, 1.54) is 12.4 Å². The maximum Gasteiger partial charge on any atom is 0.264 e. The van der Waals surface area contributed by atoms with E-state index in [0.717, 1.165) is 36.4 Å². The summed E-state index contributed by atoms with van der Waals surface area (Å²) in [6.45, 7) is 2.39. The number of hydrogen-bond acceptors (Lipinski definition) is 9. The molecule has 0 radical (unpaired) electrons. The summed E-state index contributed by atoms with van der Waals surface area (Å²) >= 11 is 12.7. The summed E-state index contributed by atoms with van der Waals surface area (Å²) in [5, 5.41) is 14.8.